The zero-order chi connectivity index (χ0) is 18.3. The third-order valence-corrected chi connectivity index (χ3v) is 5.43. The van der Waals surface area contributed by atoms with E-state index in [1.54, 1.807) is 0 Å². The van der Waals surface area contributed by atoms with Crippen LogP contribution >= 0.6 is 0 Å². The zero-order valence-corrected chi connectivity index (χ0v) is 15.8. The third-order valence-electron chi connectivity index (χ3n) is 5.43. The van der Waals surface area contributed by atoms with Crippen LogP contribution in [0.15, 0.2) is 24.3 Å². The molecule has 0 heterocycles. The molecule has 1 aromatic rings. The van der Waals surface area contributed by atoms with Gasteiger partial charge in [-0.25, -0.2) is 4.79 Å². The Morgan fingerprint density at radius 3 is 2.60 bits per heavy atom. The molecule has 3 N–H and O–H groups in total. The number of benzene rings is 1. The number of aliphatic hydroxyl groups excluding tert-OH is 1. The predicted octanol–water partition coefficient (Wildman–Crippen LogP) is 3.73. The number of rotatable bonds is 7. The van der Waals surface area contributed by atoms with E-state index in [9.17, 15) is 9.90 Å². The minimum atomic E-state index is -0.599. The maximum absolute atomic E-state index is 12.3. The van der Waals surface area contributed by atoms with Crippen molar-refractivity contribution in [3.05, 3.63) is 29.8 Å². The molecule has 1 aliphatic rings. The number of aliphatic hydroxyl groups is 1. The number of amides is 2. The molecule has 0 aromatic heterocycles. The van der Waals surface area contributed by atoms with Gasteiger partial charge in [-0.15, -0.1) is 0 Å². The van der Waals surface area contributed by atoms with E-state index >= 15 is 0 Å². The standard InChI is InChI=1S/C20H33N3O2/c1-4-20(2,15-24)22-19(25)21-18-13-9-8-10-16(18)14-23(3)17-11-6-5-7-12-17/h8-10,13,17,24H,4-7,11-12,14-15H2,1-3H3,(H2,21,22,25). The Hall–Kier alpha value is -1.59. The number of para-hydroxylation sites is 1. The Morgan fingerprint density at radius 1 is 1.28 bits per heavy atom. The normalized spacial score (nSPS) is 18.0. The molecule has 0 spiro atoms. The minimum Gasteiger partial charge on any atom is -0.394 e. The van der Waals surface area contributed by atoms with Crippen LogP contribution in [0, 0.1) is 0 Å². The molecular formula is C20H33N3O2. The van der Waals surface area contributed by atoms with E-state index in [-0.39, 0.29) is 12.6 Å². The van der Waals surface area contributed by atoms with Crippen molar-refractivity contribution in [3.63, 3.8) is 0 Å². The lowest BCUT2D eigenvalue weighted by Crippen LogP contribution is -2.50. The Labute approximate surface area is 151 Å². The van der Waals surface area contributed by atoms with Gasteiger partial charge in [0.2, 0.25) is 0 Å². The largest absolute Gasteiger partial charge is 0.394 e. The molecule has 0 radical (unpaired) electrons. The van der Waals surface area contributed by atoms with Crippen molar-refractivity contribution in [1.29, 1.82) is 0 Å². The van der Waals surface area contributed by atoms with E-state index in [0.717, 1.165) is 17.8 Å². The van der Waals surface area contributed by atoms with Gasteiger partial charge in [-0.3, -0.25) is 4.90 Å². The molecule has 1 fully saturated rings. The Kier molecular flexibility index (Phi) is 7.26. The molecule has 1 unspecified atom stereocenters. The number of anilines is 1. The van der Waals surface area contributed by atoms with Crippen molar-refractivity contribution in [2.24, 2.45) is 0 Å². The Morgan fingerprint density at radius 2 is 1.96 bits per heavy atom. The average Bonchev–Trinajstić information content (AvgIpc) is 2.63. The van der Waals surface area contributed by atoms with E-state index in [1.807, 2.05) is 32.0 Å². The fourth-order valence-corrected chi connectivity index (χ4v) is 3.37. The Balaban J connectivity index is 2.01. The van der Waals surface area contributed by atoms with Crippen molar-refractivity contribution in [2.45, 2.75) is 70.5 Å². The molecule has 0 bridgehead atoms. The van der Waals surface area contributed by atoms with Crippen molar-refractivity contribution in [3.8, 4) is 0 Å². The smallest absolute Gasteiger partial charge is 0.319 e. The van der Waals surface area contributed by atoms with Crippen LogP contribution in [0.4, 0.5) is 10.5 Å². The molecule has 1 aromatic carbocycles. The molecular weight excluding hydrogens is 314 g/mol. The van der Waals surface area contributed by atoms with Crippen LogP contribution in [0.25, 0.3) is 0 Å². The summed E-state index contributed by atoms with van der Waals surface area (Å²) in [7, 11) is 2.17. The first-order valence-corrected chi connectivity index (χ1v) is 9.45. The summed E-state index contributed by atoms with van der Waals surface area (Å²) < 4.78 is 0. The molecule has 1 aliphatic carbocycles. The average molecular weight is 348 g/mol. The summed E-state index contributed by atoms with van der Waals surface area (Å²) in [5, 5.41) is 15.3. The molecule has 5 heteroatoms. The van der Waals surface area contributed by atoms with Crippen LogP contribution < -0.4 is 10.6 Å². The van der Waals surface area contributed by atoms with Gasteiger partial charge in [0.15, 0.2) is 0 Å². The van der Waals surface area contributed by atoms with Crippen LogP contribution in [0.1, 0.15) is 57.9 Å². The quantitative estimate of drug-likeness (QED) is 0.704. The second-order valence-corrected chi connectivity index (χ2v) is 7.52. The molecule has 2 rings (SSSR count). The summed E-state index contributed by atoms with van der Waals surface area (Å²) in [4.78, 5) is 14.7. The number of nitrogens with zero attached hydrogens (tertiary/aromatic N) is 1. The van der Waals surface area contributed by atoms with Crippen LogP contribution in [-0.2, 0) is 6.54 Å². The first-order chi connectivity index (χ1) is 12.0. The second kappa shape index (κ2) is 9.20. The first kappa shape index (κ1) is 19.7. The molecule has 0 aliphatic heterocycles. The molecule has 1 saturated carbocycles. The van der Waals surface area contributed by atoms with Crippen LogP contribution in [0.5, 0.6) is 0 Å². The number of nitrogens with one attached hydrogen (secondary N) is 2. The highest BCUT2D eigenvalue weighted by atomic mass is 16.3. The van der Waals surface area contributed by atoms with Gasteiger partial charge in [0.25, 0.3) is 0 Å². The van der Waals surface area contributed by atoms with E-state index in [4.69, 9.17) is 0 Å². The highest BCUT2D eigenvalue weighted by Gasteiger charge is 2.24. The van der Waals surface area contributed by atoms with E-state index in [2.05, 4.69) is 28.6 Å². The summed E-state index contributed by atoms with van der Waals surface area (Å²) in [6, 6.07) is 8.31. The van der Waals surface area contributed by atoms with Crippen molar-refractivity contribution in [2.75, 3.05) is 19.0 Å². The molecule has 140 valence electrons. The van der Waals surface area contributed by atoms with Gasteiger partial charge in [0.1, 0.15) is 0 Å². The number of hydrogen-bond acceptors (Lipinski definition) is 3. The van der Waals surface area contributed by atoms with Gasteiger partial charge in [0.05, 0.1) is 12.1 Å². The van der Waals surface area contributed by atoms with Crippen LogP contribution in [0.3, 0.4) is 0 Å². The number of hydrogen-bond donors (Lipinski definition) is 3. The molecule has 2 amide bonds. The Bertz CT molecular complexity index is 552. The fraction of sp³-hybridized carbons (Fsp3) is 0.650. The van der Waals surface area contributed by atoms with E-state index in [1.165, 1.54) is 32.1 Å². The first-order valence-electron chi connectivity index (χ1n) is 9.45. The lowest BCUT2D eigenvalue weighted by atomic mass is 9.94. The van der Waals surface area contributed by atoms with Crippen LogP contribution in [-0.4, -0.2) is 41.3 Å². The fourth-order valence-electron chi connectivity index (χ4n) is 3.37. The predicted molar refractivity (Wildman–Crippen MR) is 103 cm³/mol. The topological polar surface area (TPSA) is 64.6 Å². The molecule has 25 heavy (non-hydrogen) atoms. The van der Waals surface area contributed by atoms with Gasteiger partial charge in [-0.2, -0.15) is 0 Å². The summed E-state index contributed by atoms with van der Waals surface area (Å²) in [5.74, 6) is 0. The number of carbonyl (C=O) groups is 1. The van der Waals surface area contributed by atoms with Crippen LogP contribution in [0.2, 0.25) is 0 Å². The highest BCUT2D eigenvalue weighted by molar-refractivity contribution is 5.90. The van der Waals surface area contributed by atoms with Gasteiger partial charge in [-0.05, 0) is 44.9 Å². The lowest BCUT2D eigenvalue weighted by Gasteiger charge is -2.32. The van der Waals surface area contributed by atoms with Crippen molar-refractivity contribution in [1.82, 2.24) is 10.2 Å². The summed E-state index contributed by atoms with van der Waals surface area (Å²) >= 11 is 0. The minimum absolute atomic E-state index is 0.0804. The van der Waals surface area contributed by atoms with E-state index in [0.29, 0.717) is 12.5 Å². The van der Waals surface area contributed by atoms with E-state index < -0.39 is 5.54 Å². The summed E-state index contributed by atoms with van der Waals surface area (Å²) in [5.41, 5.74) is 1.35. The van der Waals surface area contributed by atoms with Crippen molar-refractivity contribution < 1.29 is 9.90 Å². The number of urea groups is 1. The maximum Gasteiger partial charge on any atom is 0.319 e. The second-order valence-electron chi connectivity index (χ2n) is 7.52. The summed E-state index contributed by atoms with van der Waals surface area (Å²) in [6.07, 6.45) is 7.17. The molecule has 5 nitrogen and oxygen atoms in total. The van der Waals surface area contributed by atoms with Gasteiger partial charge >= 0.3 is 6.03 Å². The van der Waals surface area contributed by atoms with Crippen molar-refractivity contribution >= 4 is 11.7 Å². The summed E-state index contributed by atoms with van der Waals surface area (Å²) in [6.45, 7) is 4.54. The maximum atomic E-state index is 12.3. The number of carbonyl (C=O) groups excluding carboxylic acids is 1. The lowest BCUT2D eigenvalue weighted by molar-refractivity contribution is 0.172. The van der Waals surface area contributed by atoms with Gasteiger partial charge in [-0.1, -0.05) is 44.4 Å². The third kappa shape index (κ3) is 5.72. The molecule has 0 saturated heterocycles. The zero-order valence-electron chi connectivity index (χ0n) is 15.8. The van der Waals surface area contributed by atoms with Gasteiger partial charge < -0.3 is 15.7 Å². The SMILES string of the molecule is CCC(C)(CO)NC(=O)Nc1ccccc1CN(C)C1CCCCC1. The molecule has 1 atom stereocenters. The monoisotopic (exact) mass is 347 g/mol. The van der Waals surface area contributed by atoms with Gasteiger partial charge in [0, 0.05) is 18.3 Å². The highest BCUT2D eigenvalue weighted by Crippen LogP contribution is 2.25.